The van der Waals surface area contributed by atoms with Crippen LogP contribution in [0.3, 0.4) is 0 Å². The summed E-state index contributed by atoms with van der Waals surface area (Å²) >= 11 is 0. The molecule has 0 aromatic carbocycles. The molecule has 0 saturated carbocycles. The lowest BCUT2D eigenvalue weighted by Crippen LogP contribution is -2.01. The van der Waals surface area contributed by atoms with Crippen molar-refractivity contribution in [1.82, 2.24) is 4.98 Å². The van der Waals surface area contributed by atoms with Crippen LogP contribution in [0.15, 0.2) is 18.3 Å². The fraction of sp³-hybridized carbons (Fsp3) is 0.615. The number of hydrogen-bond acceptors (Lipinski definition) is 3. The monoisotopic (exact) mass is 222 g/mol. The van der Waals surface area contributed by atoms with Crippen LogP contribution in [-0.4, -0.2) is 18.1 Å². The van der Waals surface area contributed by atoms with Gasteiger partial charge in [0.25, 0.3) is 0 Å². The van der Waals surface area contributed by atoms with Gasteiger partial charge in [0.1, 0.15) is 0 Å². The van der Waals surface area contributed by atoms with Crippen LogP contribution in [0.2, 0.25) is 0 Å². The first-order valence-corrected chi connectivity index (χ1v) is 6.13. The first-order chi connectivity index (χ1) is 7.86. The minimum atomic E-state index is 0.614. The molecular weight excluding hydrogens is 200 g/mol. The molecule has 0 unspecified atom stereocenters. The third kappa shape index (κ3) is 5.12. The van der Waals surface area contributed by atoms with Gasteiger partial charge in [-0.25, -0.2) is 0 Å². The van der Waals surface area contributed by atoms with Gasteiger partial charge < -0.3 is 10.1 Å². The van der Waals surface area contributed by atoms with Crippen LogP contribution in [0.1, 0.15) is 38.8 Å². The highest BCUT2D eigenvalue weighted by Gasteiger charge is 1.97. The molecule has 1 heterocycles. The molecule has 1 rings (SSSR count). The van der Waals surface area contributed by atoms with Crippen LogP contribution in [0.25, 0.3) is 0 Å². The third-order valence-corrected chi connectivity index (χ3v) is 2.34. The Kier molecular flexibility index (Phi) is 6.58. The van der Waals surface area contributed by atoms with E-state index in [0.29, 0.717) is 6.61 Å². The van der Waals surface area contributed by atoms with E-state index in [9.17, 15) is 0 Å². The number of rotatable bonds is 8. The van der Waals surface area contributed by atoms with Crippen LogP contribution in [-0.2, 0) is 11.3 Å². The van der Waals surface area contributed by atoms with E-state index in [1.165, 1.54) is 12.8 Å². The van der Waals surface area contributed by atoms with Crippen molar-refractivity contribution < 1.29 is 4.74 Å². The lowest BCUT2D eigenvalue weighted by atomic mass is 10.3. The molecule has 0 aliphatic heterocycles. The normalized spacial score (nSPS) is 10.4. The summed E-state index contributed by atoms with van der Waals surface area (Å²) in [5, 5.41) is 3.26. The maximum atomic E-state index is 5.56. The van der Waals surface area contributed by atoms with E-state index < -0.39 is 0 Å². The van der Waals surface area contributed by atoms with Crippen molar-refractivity contribution in [2.75, 3.05) is 18.5 Å². The summed E-state index contributed by atoms with van der Waals surface area (Å²) < 4.78 is 5.56. The van der Waals surface area contributed by atoms with E-state index in [1.54, 1.807) is 0 Å². The number of unbranched alkanes of at least 4 members (excludes halogenated alkanes) is 2. The van der Waals surface area contributed by atoms with Gasteiger partial charge in [-0.3, -0.25) is 4.98 Å². The standard InChI is InChI=1S/C13H22N2O/c1-3-5-6-9-16-11-13-10-12(14-4-2)7-8-15-13/h7-8,10H,3-6,9,11H2,1-2H3,(H,14,15). The average molecular weight is 222 g/mol. The molecule has 16 heavy (non-hydrogen) atoms. The topological polar surface area (TPSA) is 34.1 Å². The summed E-state index contributed by atoms with van der Waals surface area (Å²) in [6, 6.07) is 4.02. The summed E-state index contributed by atoms with van der Waals surface area (Å²) in [6.45, 7) is 6.66. The van der Waals surface area contributed by atoms with Crippen molar-refractivity contribution in [3.05, 3.63) is 24.0 Å². The summed E-state index contributed by atoms with van der Waals surface area (Å²) in [6.07, 6.45) is 5.44. The minimum absolute atomic E-state index is 0.614. The number of pyridine rings is 1. The first kappa shape index (κ1) is 13.0. The van der Waals surface area contributed by atoms with E-state index in [2.05, 4.69) is 24.1 Å². The number of nitrogens with zero attached hydrogens (tertiary/aromatic N) is 1. The Morgan fingerprint density at radius 3 is 2.94 bits per heavy atom. The zero-order valence-corrected chi connectivity index (χ0v) is 10.3. The van der Waals surface area contributed by atoms with Gasteiger partial charge in [0, 0.05) is 25.0 Å². The second kappa shape index (κ2) is 8.11. The minimum Gasteiger partial charge on any atom is -0.385 e. The largest absolute Gasteiger partial charge is 0.385 e. The van der Waals surface area contributed by atoms with Crippen molar-refractivity contribution in [2.45, 2.75) is 39.7 Å². The van der Waals surface area contributed by atoms with Crippen LogP contribution in [0.5, 0.6) is 0 Å². The lowest BCUT2D eigenvalue weighted by molar-refractivity contribution is 0.114. The van der Waals surface area contributed by atoms with Gasteiger partial charge in [-0.15, -0.1) is 0 Å². The lowest BCUT2D eigenvalue weighted by Gasteiger charge is -2.06. The third-order valence-electron chi connectivity index (χ3n) is 2.34. The van der Waals surface area contributed by atoms with Gasteiger partial charge >= 0.3 is 0 Å². The van der Waals surface area contributed by atoms with Crippen LogP contribution < -0.4 is 5.32 Å². The van der Waals surface area contributed by atoms with Gasteiger partial charge in [-0.05, 0) is 25.5 Å². The highest BCUT2D eigenvalue weighted by atomic mass is 16.5. The second-order valence-electron chi connectivity index (χ2n) is 3.83. The van der Waals surface area contributed by atoms with Gasteiger partial charge in [0.15, 0.2) is 0 Å². The molecule has 0 amide bonds. The highest BCUT2D eigenvalue weighted by Crippen LogP contribution is 2.08. The number of aromatic nitrogens is 1. The number of ether oxygens (including phenoxy) is 1. The SMILES string of the molecule is CCCCCOCc1cc(NCC)ccn1. The van der Waals surface area contributed by atoms with E-state index in [0.717, 1.165) is 31.0 Å². The maximum absolute atomic E-state index is 5.56. The number of hydrogen-bond donors (Lipinski definition) is 1. The van der Waals surface area contributed by atoms with E-state index in [-0.39, 0.29) is 0 Å². The maximum Gasteiger partial charge on any atom is 0.0888 e. The fourth-order valence-corrected chi connectivity index (χ4v) is 1.50. The van der Waals surface area contributed by atoms with E-state index in [4.69, 9.17) is 4.74 Å². The Labute approximate surface area is 98.2 Å². The molecule has 0 bridgehead atoms. The fourth-order valence-electron chi connectivity index (χ4n) is 1.50. The zero-order valence-electron chi connectivity index (χ0n) is 10.3. The number of nitrogens with one attached hydrogen (secondary N) is 1. The predicted molar refractivity (Wildman–Crippen MR) is 67.6 cm³/mol. The van der Waals surface area contributed by atoms with Crippen LogP contribution in [0, 0.1) is 0 Å². The van der Waals surface area contributed by atoms with E-state index >= 15 is 0 Å². The van der Waals surface area contributed by atoms with Crippen LogP contribution >= 0.6 is 0 Å². The Bertz CT molecular complexity index is 289. The molecule has 0 aliphatic carbocycles. The smallest absolute Gasteiger partial charge is 0.0888 e. The molecule has 0 aliphatic rings. The molecule has 3 nitrogen and oxygen atoms in total. The molecular formula is C13H22N2O. The molecule has 0 fully saturated rings. The zero-order chi connectivity index (χ0) is 11.6. The average Bonchev–Trinajstić information content (AvgIpc) is 2.30. The molecule has 1 aromatic rings. The van der Waals surface area contributed by atoms with Gasteiger partial charge in [0.2, 0.25) is 0 Å². The quantitative estimate of drug-likeness (QED) is 0.686. The Balaban J connectivity index is 2.27. The Morgan fingerprint density at radius 2 is 2.19 bits per heavy atom. The van der Waals surface area contributed by atoms with Gasteiger partial charge in [-0.1, -0.05) is 19.8 Å². The molecule has 1 N–H and O–H groups in total. The Morgan fingerprint density at radius 1 is 1.31 bits per heavy atom. The summed E-state index contributed by atoms with van der Waals surface area (Å²) in [5.41, 5.74) is 2.11. The highest BCUT2D eigenvalue weighted by molar-refractivity contribution is 5.42. The summed E-state index contributed by atoms with van der Waals surface area (Å²) in [4.78, 5) is 4.27. The molecule has 3 heteroatoms. The molecule has 0 radical (unpaired) electrons. The van der Waals surface area contributed by atoms with Crippen molar-refractivity contribution >= 4 is 5.69 Å². The predicted octanol–water partition coefficient (Wildman–Crippen LogP) is 3.22. The molecule has 0 saturated heterocycles. The molecule has 1 aromatic heterocycles. The first-order valence-electron chi connectivity index (χ1n) is 6.13. The molecule has 90 valence electrons. The summed E-state index contributed by atoms with van der Waals surface area (Å²) in [5.74, 6) is 0. The summed E-state index contributed by atoms with van der Waals surface area (Å²) in [7, 11) is 0. The number of anilines is 1. The van der Waals surface area contributed by atoms with Crippen molar-refractivity contribution in [1.29, 1.82) is 0 Å². The van der Waals surface area contributed by atoms with Gasteiger partial charge in [-0.2, -0.15) is 0 Å². The van der Waals surface area contributed by atoms with Gasteiger partial charge in [0.05, 0.1) is 12.3 Å². The molecule has 0 spiro atoms. The van der Waals surface area contributed by atoms with Crippen molar-refractivity contribution in [3.63, 3.8) is 0 Å². The van der Waals surface area contributed by atoms with Crippen molar-refractivity contribution in [3.8, 4) is 0 Å². The second-order valence-corrected chi connectivity index (χ2v) is 3.83. The van der Waals surface area contributed by atoms with Crippen LogP contribution in [0.4, 0.5) is 5.69 Å². The molecule has 0 atom stereocenters. The Hall–Kier alpha value is -1.09. The van der Waals surface area contributed by atoms with Crippen molar-refractivity contribution in [2.24, 2.45) is 0 Å². The van der Waals surface area contributed by atoms with E-state index in [1.807, 2.05) is 18.3 Å².